The van der Waals surface area contributed by atoms with Crippen molar-refractivity contribution in [2.45, 2.75) is 26.3 Å². The van der Waals surface area contributed by atoms with E-state index in [-0.39, 0.29) is 5.54 Å². The summed E-state index contributed by atoms with van der Waals surface area (Å²) in [5, 5.41) is 3.36. The molecule has 0 amide bonds. The molecule has 0 saturated heterocycles. The van der Waals surface area contributed by atoms with E-state index in [4.69, 9.17) is 0 Å². The number of anilines is 1. The molecule has 1 nitrogen and oxygen atoms in total. The third kappa shape index (κ3) is 3.91. The van der Waals surface area contributed by atoms with Crippen molar-refractivity contribution in [1.82, 2.24) is 0 Å². The van der Waals surface area contributed by atoms with Gasteiger partial charge in [-0.1, -0.05) is 36.1 Å². The zero-order chi connectivity index (χ0) is 11.3. The predicted molar refractivity (Wildman–Crippen MR) is 66.9 cm³/mol. The second kappa shape index (κ2) is 4.70. The molecule has 1 aromatic carbocycles. The summed E-state index contributed by atoms with van der Waals surface area (Å²) in [6.07, 6.45) is 1.61. The largest absolute Gasteiger partial charge is 0.370 e. The average Bonchev–Trinajstić information content (AvgIpc) is 2.18. The van der Waals surface area contributed by atoms with E-state index in [1.807, 2.05) is 13.8 Å². The molecule has 0 saturated carbocycles. The van der Waals surface area contributed by atoms with Crippen LogP contribution in [0.4, 0.5) is 5.69 Å². The number of hydrogen-bond acceptors (Lipinski definition) is 1. The first-order valence-corrected chi connectivity index (χ1v) is 5.02. The Morgan fingerprint density at radius 3 is 2.40 bits per heavy atom. The SMILES string of the molecule is C=CC#CC(C)(C)Nc1ccc(C)cc1. The summed E-state index contributed by atoms with van der Waals surface area (Å²) in [4.78, 5) is 0. The molecule has 1 rings (SSSR count). The van der Waals surface area contributed by atoms with Crippen LogP contribution in [-0.4, -0.2) is 5.54 Å². The van der Waals surface area contributed by atoms with Crippen LogP contribution in [0.2, 0.25) is 0 Å². The van der Waals surface area contributed by atoms with Crippen molar-refractivity contribution in [1.29, 1.82) is 0 Å². The zero-order valence-electron chi connectivity index (χ0n) is 9.59. The minimum Gasteiger partial charge on any atom is -0.370 e. The Hall–Kier alpha value is -1.68. The van der Waals surface area contributed by atoms with Crippen molar-refractivity contribution in [2.24, 2.45) is 0 Å². The smallest absolute Gasteiger partial charge is 0.0933 e. The lowest BCUT2D eigenvalue weighted by molar-refractivity contribution is 0.741. The molecule has 0 aliphatic carbocycles. The maximum atomic E-state index is 3.58. The third-order valence-corrected chi connectivity index (χ3v) is 2.00. The molecule has 1 N–H and O–H groups in total. The highest BCUT2D eigenvalue weighted by Gasteiger charge is 2.12. The van der Waals surface area contributed by atoms with Crippen molar-refractivity contribution < 1.29 is 0 Å². The van der Waals surface area contributed by atoms with Crippen LogP contribution in [0.1, 0.15) is 19.4 Å². The van der Waals surface area contributed by atoms with E-state index in [0.717, 1.165) is 5.69 Å². The van der Waals surface area contributed by atoms with Gasteiger partial charge in [-0.05, 0) is 39.0 Å². The molecule has 78 valence electrons. The summed E-state index contributed by atoms with van der Waals surface area (Å²) in [7, 11) is 0. The summed E-state index contributed by atoms with van der Waals surface area (Å²) in [5.41, 5.74) is 2.11. The topological polar surface area (TPSA) is 12.0 Å². The van der Waals surface area contributed by atoms with E-state index in [1.54, 1.807) is 6.08 Å². The Bertz CT molecular complexity index is 388. The lowest BCUT2D eigenvalue weighted by Gasteiger charge is -2.21. The van der Waals surface area contributed by atoms with Gasteiger partial charge >= 0.3 is 0 Å². The molecule has 1 aromatic rings. The predicted octanol–water partition coefficient (Wildman–Crippen LogP) is 3.37. The molecule has 0 aromatic heterocycles. The van der Waals surface area contributed by atoms with E-state index < -0.39 is 0 Å². The summed E-state index contributed by atoms with van der Waals surface area (Å²) >= 11 is 0. The second-order valence-corrected chi connectivity index (χ2v) is 4.09. The molecular weight excluding hydrogens is 182 g/mol. The molecule has 0 heterocycles. The van der Waals surface area contributed by atoms with Gasteiger partial charge in [0.15, 0.2) is 0 Å². The summed E-state index contributed by atoms with van der Waals surface area (Å²) in [6, 6.07) is 8.29. The molecule has 0 radical (unpaired) electrons. The van der Waals surface area contributed by atoms with Gasteiger partial charge in [-0.2, -0.15) is 0 Å². The highest BCUT2D eigenvalue weighted by molar-refractivity contribution is 5.49. The van der Waals surface area contributed by atoms with Crippen LogP contribution in [-0.2, 0) is 0 Å². The lowest BCUT2D eigenvalue weighted by atomic mass is 10.1. The number of aryl methyl sites for hydroxylation is 1. The number of allylic oxidation sites excluding steroid dienone is 1. The summed E-state index contributed by atoms with van der Waals surface area (Å²) < 4.78 is 0. The van der Waals surface area contributed by atoms with Crippen molar-refractivity contribution in [3.63, 3.8) is 0 Å². The molecule has 0 aliphatic rings. The monoisotopic (exact) mass is 199 g/mol. The molecule has 0 aliphatic heterocycles. The van der Waals surface area contributed by atoms with E-state index in [2.05, 4.69) is 54.9 Å². The van der Waals surface area contributed by atoms with Gasteiger partial charge in [-0.25, -0.2) is 0 Å². The van der Waals surface area contributed by atoms with Crippen LogP contribution in [0.3, 0.4) is 0 Å². The van der Waals surface area contributed by atoms with Gasteiger partial charge in [0, 0.05) is 5.69 Å². The number of hydrogen-bond donors (Lipinski definition) is 1. The molecule has 0 unspecified atom stereocenters. The van der Waals surface area contributed by atoms with E-state index in [1.165, 1.54) is 5.56 Å². The number of rotatable bonds is 2. The van der Waals surface area contributed by atoms with E-state index in [9.17, 15) is 0 Å². The Morgan fingerprint density at radius 2 is 1.87 bits per heavy atom. The van der Waals surface area contributed by atoms with Crippen molar-refractivity contribution in [2.75, 3.05) is 5.32 Å². The molecule has 0 spiro atoms. The minimum atomic E-state index is -0.233. The third-order valence-electron chi connectivity index (χ3n) is 2.00. The Labute approximate surface area is 92.2 Å². The van der Waals surface area contributed by atoms with Gasteiger partial charge in [-0.15, -0.1) is 0 Å². The normalized spacial score (nSPS) is 10.1. The lowest BCUT2D eigenvalue weighted by Crippen LogP contribution is -2.28. The van der Waals surface area contributed by atoms with Gasteiger partial charge in [0.1, 0.15) is 0 Å². The fourth-order valence-corrected chi connectivity index (χ4v) is 1.26. The van der Waals surface area contributed by atoms with Crippen LogP contribution in [0.25, 0.3) is 0 Å². The van der Waals surface area contributed by atoms with Gasteiger partial charge in [0.05, 0.1) is 5.54 Å². The first-order valence-electron chi connectivity index (χ1n) is 5.02. The molecule has 0 bridgehead atoms. The zero-order valence-corrected chi connectivity index (χ0v) is 9.59. The van der Waals surface area contributed by atoms with Crippen LogP contribution in [0.5, 0.6) is 0 Å². The molecule has 0 atom stereocenters. The maximum absolute atomic E-state index is 3.58. The van der Waals surface area contributed by atoms with E-state index >= 15 is 0 Å². The quantitative estimate of drug-likeness (QED) is 0.720. The van der Waals surface area contributed by atoms with Crippen molar-refractivity contribution >= 4 is 5.69 Å². The number of nitrogens with one attached hydrogen (secondary N) is 1. The van der Waals surface area contributed by atoms with Crippen molar-refractivity contribution in [3.05, 3.63) is 42.5 Å². The molecule has 15 heavy (non-hydrogen) atoms. The maximum Gasteiger partial charge on any atom is 0.0933 e. The molecular formula is C14H17N. The van der Waals surface area contributed by atoms with Crippen LogP contribution in [0, 0.1) is 18.8 Å². The highest BCUT2D eigenvalue weighted by atomic mass is 14.9. The first kappa shape index (κ1) is 11.4. The number of benzene rings is 1. The fourth-order valence-electron chi connectivity index (χ4n) is 1.26. The summed E-state index contributed by atoms with van der Waals surface area (Å²) in [5.74, 6) is 5.96. The van der Waals surface area contributed by atoms with E-state index in [0.29, 0.717) is 0 Å². The minimum absolute atomic E-state index is 0.233. The fraction of sp³-hybridized carbons (Fsp3) is 0.286. The average molecular weight is 199 g/mol. The highest BCUT2D eigenvalue weighted by Crippen LogP contribution is 2.14. The Balaban J connectivity index is 2.76. The van der Waals surface area contributed by atoms with Crippen molar-refractivity contribution in [3.8, 4) is 11.8 Å². The van der Waals surface area contributed by atoms with Gasteiger partial charge < -0.3 is 5.32 Å². The van der Waals surface area contributed by atoms with Crippen LogP contribution >= 0.6 is 0 Å². The molecule has 0 fully saturated rings. The Morgan fingerprint density at radius 1 is 1.27 bits per heavy atom. The van der Waals surface area contributed by atoms with Gasteiger partial charge in [-0.3, -0.25) is 0 Å². The second-order valence-electron chi connectivity index (χ2n) is 4.09. The Kier molecular flexibility index (Phi) is 3.57. The van der Waals surface area contributed by atoms with Gasteiger partial charge in [0.2, 0.25) is 0 Å². The molecule has 1 heteroatoms. The first-order chi connectivity index (χ1) is 7.03. The summed E-state index contributed by atoms with van der Waals surface area (Å²) in [6.45, 7) is 9.75. The van der Waals surface area contributed by atoms with Gasteiger partial charge in [0.25, 0.3) is 0 Å². The standard InChI is InChI=1S/C14H17N/c1-5-6-11-14(3,4)15-13-9-7-12(2)8-10-13/h5,7-10,15H,1H2,2-4H3. The van der Waals surface area contributed by atoms with Crippen LogP contribution < -0.4 is 5.32 Å². The van der Waals surface area contributed by atoms with Crippen LogP contribution in [0.15, 0.2) is 36.9 Å².